The smallest absolute Gasteiger partial charge is 0.251 e. The van der Waals surface area contributed by atoms with E-state index in [1.54, 1.807) is 30.3 Å². The third kappa shape index (κ3) is 2.76. The number of fused-ring (bicyclic) bond motifs is 1. The fourth-order valence-electron chi connectivity index (χ4n) is 2.40. The van der Waals surface area contributed by atoms with Crippen molar-refractivity contribution in [1.29, 1.82) is 0 Å². The number of halogens is 1. The molecule has 0 fully saturated rings. The number of hydrogen-bond acceptors (Lipinski definition) is 3. The molecule has 22 heavy (non-hydrogen) atoms. The Morgan fingerprint density at radius 1 is 1.14 bits per heavy atom. The minimum atomic E-state index is -0.641. The maximum absolute atomic E-state index is 13.4. The Bertz CT molecular complexity index is 744. The molecule has 0 radical (unpaired) electrons. The number of benzene rings is 2. The van der Waals surface area contributed by atoms with Crippen LogP contribution in [0.2, 0.25) is 0 Å². The fraction of sp³-hybridized carbons (Fsp3) is 0.125. The summed E-state index contributed by atoms with van der Waals surface area (Å²) in [6.45, 7) is 1.43. The molecule has 1 unspecified atom stereocenters. The Morgan fingerprint density at radius 3 is 2.50 bits per heavy atom. The average Bonchev–Trinajstić information content (AvgIpc) is 2.76. The second-order valence-corrected chi connectivity index (χ2v) is 5.06. The molecular formula is C16H14FN3O2. The molecule has 2 aromatic rings. The van der Waals surface area contributed by atoms with Crippen molar-refractivity contribution in [1.82, 2.24) is 0 Å². The van der Waals surface area contributed by atoms with Crippen LogP contribution < -0.4 is 16.0 Å². The van der Waals surface area contributed by atoms with Gasteiger partial charge >= 0.3 is 0 Å². The van der Waals surface area contributed by atoms with Crippen LogP contribution in [-0.2, 0) is 9.59 Å². The van der Waals surface area contributed by atoms with Crippen LogP contribution in [0.15, 0.2) is 42.5 Å². The van der Waals surface area contributed by atoms with E-state index >= 15 is 0 Å². The van der Waals surface area contributed by atoms with Crippen molar-refractivity contribution < 1.29 is 14.0 Å². The van der Waals surface area contributed by atoms with Gasteiger partial charge in [0.15, 0.2) is 0 Å². The van der Waals surface area contributed by atoms with Crippen LogP contribution in [0.25, 0.3) is 0 Å². The number of carbonyl (C=O) groups excluding carboxylic acids is 2. The van der Waals surface area contributed by atoms with E-state index < -0.39 is 6.04 Å². The lowest BCUT2D eigenvalue weighted by atomic mass is 10.1. The van der Waals surface area contributed by atoms with Gasteiger partial charge in [0.2, 0.25) is 5.91 Å². The molecule has 112 valence electrons. The largest absolute Gasteiger partial charge is 0.370 e. The summed E-state index contributed by atoms with van der Waals surface area (Å²) < 4.78 is 13.4. The van der Waals surface area contributed by atoms with Crippen molar-refractivity contribution in [2.75, 3.05) is 16.0 Å². The maximum Gasteiger partial charge on any atom is 0.251 e. The lowest BCUT2D eigenvalue weighted by Gasteiger charge is -2.13. The highest BCUT2D eigenvalue weighted by molar-refractivity contribution is 6.04. The molecule has 0 aromatic heterocycles. The van der Waals surface area contributed by atoms with E-state index in [9.17, 15) is 14.0 Å². The summed E-state index contributed by atoms with van der Waals surface area (Å²) in [5.74, 6) is -0.769. The van der Waals surface area contributed by atoms with E-state index in [2.05, 4.69) is 16.0 Å². The summed E-state index contributed by atoms with van der Waals surface area (Å²) in [4.78, 5) is 23.0. The van der Waals surface area contributed by atoms with Gasteiger partial charge in [-0.15, -0.1) is 0 Å². The normalized spacial score (nSPS) is 15.9. The molecule has 2 aromatic carbocycles. The second-order valence-electron chi connectivity index (χ2n) is 5.06. The average molecular weight is 299 g/mol. The van der Waals surface area contributed by atoms with Gasteiger partial charge in [-0.3, -0.25) is 9.59 Å². The molecule has 1 aliphatic rings. The zero-order valence-electron chi connectivity index (χ0n) is 11.8. The second kappa shape index (κ2) is 5.48. The van der Waals surface area contributed by atoms with E-state index in [1.807, 2.05) is 0 Å². The van der Waals surface area contributed by atoms with E-state index in [0.29, 0.717) is 22.6 Å². The molecule has 1 atom stereocenters. The number of rotatable bonds is 3. The van der Waals surface area contributed by atoms with E-state index in [1.165, 1.54) is 19.1 Å². The lowest BCUT2D eigenvalue weighted by molar-refractivity contribution is -0.116. The van der Waals surface area contributed by atoms with Crippen molar-refractivity contribution in [2.24, 2.45) is 0 Å². The number of hydrogen-bond donors (Lipinski definition) is 3. The molecule has 1 aliphatic heterocycles. The SMILES string of the molecule is CC(=O)Nc1ccc(NC2C(=O)Nc3ccc(F)cc32)cc1. The molecule has 0 aliphatic carbocycles. The first-order chi connectivity index (χ1) is 10.5. The molecule has 0 saturated carbocycles. The zero-order chi connectivity index (χ0) is 15.7. The molecule has 1 heterocycles. The third-order valence-corrected chi connectivity index (χ3v) is 3.36. The minimum Gasteiger partial charge on any atom is -0.370 e. The van der Waals surface area contributed by atoms with Gasteiger partial charge in [0.05, 0.1) is 0 Å². The summed E-state index contributed by atoms with van der Waals surface area (Å²) >= 11 is 0. The molecule has 0 bridgehead atoms. The fourth-order valence-corrected chi connectivity index (χ4v) is 2.40. The van der Waals surface area contributed by atoms with Gasteiger partial charge in [-0.2, -0.15) is 0 Å². The topological polar surface area (TPSA) is 70.2 Å². The molecule has 6 heteroatoms. The van der Waals surface area contributed by atoms with Gasteiger partial charge in [0, 0.05) is 29.5 Å². The Kier molecular flexibility index (Phi) is 3.50. The summed E-state index contributed by atoms with van der Waals surface area (Å²) in [5.41, 5.74) is 2.56. The highest BCUT2D eigenvalue weighted by Crippen LogP contribution is 2.33. The van der Waals surface area contributed by atoms with Crippen molar-refractivity contribution in [3.05, 3.63) is 53.8 Å². The minimum absolute atomic E-state index is 0.153. The molecule has 0 spiro atoms. The van der Waals surface area contributed by atoms with Crippen LogP contribution in [-0.4, -0.2) is 11.8 Å². The van der Waals surface area contributed by atoms with Crippen molar-refractivity contribution in [2.45, 2.75) is 13.0 Å². The summed E-state index contributed by atoms with van der Waals surface area (Å²) in [6.07, 6.45) is 0. The van der Waals surface area contributed by atoms with Crippen LogP contribution in [0.3, 0.4) is 0 Å². The highest BCUT2D eigenvalue weighted by Gasteiger charge is 2.30. The predicted molar refractivity (Wildman–Crippen MR) is 82.1 cm³/mol. The quantitative estimate of drug-likeness (QED) is 0.816. The standard InChI is InChI=1S/C16H14FN3O2/c1-9(21)18-11-3-5-12(6-4-11)19-15-13-8-10(17)2-7-14(13)20-16(15)22/h2-8,15,19H,1H3,(H,18,21)(H,20,22). The van der Waals surface area contributed by atoms with E-state index in [0.717, 1.165) is 0 Å². The van der Waals surface area contributed by atoms with Crippen molar-refractivity contribution in [3.8, 4) is 0 Å². The van der Waals surface area contributed by atoms with Crippen LogP contribution in [0, 0.1) is 5.82 Å². The third-order valence-electron chi connectivity index (χ3n) is 3.36. The lowest BCUT2D eigenvalue weighted by Crippen LogP contribution is -2.19. The van der Waals surface area contributed by atoms with E-state index in [4.69, 9.17) is 0 Å². The van der Waals surface area contributed by atoms with Crippen LogP contribution in [0.4, 0.5) is 21.5 Å². The Morgan fingerprint density at radius 2 is 1.82 bits per heavy atom. The molecular weight excluding hydrogens is 285 g/mol. The monoisotopic (exact) mass is 299 g/mol. The molecule has 3 rings (SSSR count). The van der Waals surface area contributed by atoms with Gasteiger partial charge < -0.3 is 16.0 Å². The number of carbonyl (C=O) groups is 2. The first-order valence-corrected chi connectivity index (χ1v) is 6.77. The first kappa shape index (κ1) is 14.1. The van der Waals surface area contributed by atoms with Crippen molar-refractivity contribution in [3.63, 3.8) is 0 Å². The molecule has 2 amide bonds. The zero-order valence-corrected chi connectivity index (χ0v) is 11.8. The van der Waals surface area contributed by atoms with Crippen LogP contribution in [0.5, 0.6) is 0 Å². The number of nitrogens with one attached hydrogen (secondary N) is 3. The van der Waals surface area contributed by atoms with Crippen molar-refractivity contribution >= 4 is 28.9 Å². The Balaban J connectivity index is 1.80. The van der Waals surface area contributed by atoms with Gasteiger partial charge in [0.1, 0.15) is 11.9 Å². The van der Waals surface area contributed by atoms with Gasteiger partial charge in [0.25, 0.3) is 5.91 Å². The highest BCUT2D eigenvalue weighted by atomic mass is 19.1. The summed E-state index contributed by atoms with van der Waals surface area (Å²) in [5, 5.41) is 8.43. The first-order valence-electron chi connectivity index (χ1n) is 6.77. The number of amides is 2. The summed E-state index contributed by atoms with van der Waals surface area (Å²) in [7, 11) is 0. The number of anilines is 3. The van der Waals surface area contributed by atoms with Gasteiger partial charge in [-0.05, 0) is 42.5 Å². The van der Waals surface area contributed by atoms with E-state index in [-0.39, 0.29) is 17.6 Å². The van der Waals surface area contributed by atoms with Gasteiger partial charge in [-0.1, -0.05) is 0 Å². The Labute approximate surface area is 126 Å². The molecule has 5 nitrogen and oxygen atoms in total. The molecule has 0 saturated heterocycles. The van der Waals surface area contributed by atoms with Crippen LogP contribution in [0.1, 0.15) is 18.5 Å². The Hall–Kier alpha value is -2.89. The summed E-state index contributed by atoms with van der Waals surface area (Å²) in [6, 6.07) is 10.5. The van der Waals surface area contributed by atoms with Crippen LogP contribution >= 0.6 is 0 Å². The predicted octanol–water partition coefficient (Wildman–Crippen LogP) is 2.89. The van der Waals surface area contributed by atoms with Gasteiger partial charge in [-0.25, -0.2) is 4.39 Å². The maximum atomic E-state index is 13.4. The molecule has 3 N–H and O–H groups in total.